The highest BCUT2D eigenvalue weighted by molar-refractivity contribution is 7.99. The quantitative estimate of drug-likeness (QED) is 0.592. The molecule has 0 spiro atoms. The van der Waals surface area contributed by atoms with Crippen LogP contribution in [0.4, 0.5) is 0 Å². The summed E-state index contributed by atoms with van der Waals surface area (Å²) in [6.07, 6.45) is 1.62. The lowest BCUT2D eigenvalue weighted by atomic mass is 9.96. The van der Waals surface area contributed by atoms with Crippen LogP contribution in [-0.4, -0.2) is 94.5 Å². The van der Waals surface area contributed by atoms with Crippen LogP contribution in [0.15, 0.2) is 57.2 Å². The fourth-order valence-corrected chi connectivity index (χ4v) is 5.97. The van der Waals surface area contributed by atoms with Crippen molar-refractivity contribution in [3.05, 3.63) is 53.6 Å². The van der Waals surface area contributed by atoms with Crippen LogP contribution in [0.25, 0.3) is 0 Å². The first-order valence-corrected chi connectivity index (χ1v) is 14.6. The van der Waals surface area contributed by atoms with Gasteiger partial charge in [-0.15, -0.1) is 0 Å². The smallest absolute Gasteiger partial charge is 0.261 e. The van der Waals surface area contributed by atoms with Crippen LogP contribution >= 0.6 is 11.8 Å². The highest BCUT2D eigenvalue weighted by Gasteiger charge is 2.31. The van der Waals surface area contributed by atoms with Crippen LogP contribution in [0.2, 0.25) is 0 Å². The summed E-state index contributed by atoms with van der Waals surface area (Å²) in [5.41, 5.74) is 2.47. The molecule has 2 aromatic rings. The molecule has 2 aliphatic heterocycles. The van der Waals surface area contributed by atoms with Crippen LogP contribution in [0.3, 0.4) is 0 Å². The highest BCUT2D eigenvalue weighted by atomic mass is 32.2. The first-order valence-electron chi connectivity index (χ1n) is 10.5. The Morgan fingerprint density at radius 3 is 2.15 bits per heavy atom. The lowest BCUT2D eigenvalue weighted by Crippen LogP contribution is -2.46. The standard InChI is InChI=1S/C21H27N3O2S2.CH4O3S.H2O/c1-22(2)28(25,26)17-8-9-21-18(15-17)19(24-12-10-23(3)11-13-24)14-16-6-4-5-7-20(16)27-21;1-5(2,3)4;/h4-9,15,19H,10-14H2,1-3H3;1H3,(H,2,3,4);1H2. The minimum absolute atomic E-state index is 0. The molecular weight excluding hydrogens is 498 g/mol. The van der Waals surface area contributed by atoms with Crippen molar-refractivity contribution in [1.82, 2.24) is 14.1 Å². The van der Waals surface area contributed by atoms with E-state index < -0.39 is 20.1 Å². The van der Waals surface area contributed by atoms with Crippen LogP contribution in [0, 0.1) is 0 Å². The third kappa shape index (κ3) is 7.25. The SMILES string of the molecule is CN1CCN(C2Cc3ccccc3Sc3ccc(S(=O)(=O)N(C)C)cc32)CC1.CS(=O)(=O)O.O. The molecule has 2 aromatic carbocycles. The van der Waals surface area contributed by atoms with Gasteiger partial charge in [0, 0.05) is 56.1 Å². The van der Waals surface area contributed by atoms with Crippen LogP contribution in [-0.2, 0) is 26.6 Å². The predicted octanol–water partition coefficient (Wildman–Crippen LogP) is 1.61. The van der Waals surface area contributed by atoms with Crippen LogP contribution in [0.5, 0.6) is 0 Å². The van der Waals surface area contributed by atoms with E-state index >= 15 is 0 Å². The van der Waals surface area contributed by atoms with E-state index in [1.807, 2.05) is 12.1 Å². The number of sulfonamides is 1. The summed E-state index contributed by atoms with van der Waals surface area (Å²) in [5.74, 6) is 0. The Bertz CT molecular complexity index is 1190. The molecule has 0 aliphatic carbocycles. The van der Waals surface area contributed by atoms with Crippen molar-refractivity contribution in [3.63, 3.8) is 0 Å². The fraction of sp³-hybridized carbons (Fsp3) is 0.455. The number of hydrogen-bond acceptors (Lipinski definition) is 7. The first kappa shape index (κ1) is 28.7. The van der Waals surface area contributed by atoms with E-state index in [9.17, 15) is 16.8 Å². The zero-order valence-corrected chi connectivity index (χ0v) is 22.3. The molecule has 2 heterocycles. The highest BCUT2D eigenvalue weighted by Crippen LogP contribution is 2.43. The summed E-state index contributed by atoms with van der Waals surface area (Å²) in [6, 6.07) is 14.4. The molecule has 2 aliphatic rings. The Hall–Kier alpha value is -1.51. The normalized spacial score (nSPS) is 19.2. The average Bonchev–Trinajstić information content (AvgIpc) is 2.89. The maximum absolute atomic E-state index is 12.7. The molecule has 0 amide bonds. The monoisotopic (exact) mass is 531 g/mol. The van der Waals surface area contributed by atoms with Gasteiger partial charge in [0.1, 0.15) is 0 Å². The van der Waals surface area contributed by atoms with Gasteiger partial charge >= 0.3 is 0 Å². The molecule has 0 radical (unpaired) electrons. The first-order chi connectivity index (χ1) is 15.4. The van der Waals surface area contributed by atoms with Crippen molar-refractivity contribution in [3.8, 4) is 0 Å². The van der Waals surface area contributed by atoms with Gasteiger partial charge in [0.05, 0.1) is 11.2 Å². The summed E-state index contributed by atoms with van der Waals surface area (Å²) < 4.78 is 52.7. The molecule has 4 rings (SSSR count). The number of piperazine rings is 1. The second-order valence-corrected chi connectivity index (χ2v) is 13.2. The van der Waals surface area contributed by atoms with Crippen LogP contribution in [0.1, 0.15) is 17.2 Å². The third-order valence-electron chi connectivity index (χ3n) is 5.70. The Labute approximate surface area is 206 Å². The van der Waals surface area contributed by atoms with Gasteiger partial charge < -0.3 is 10.4 Å². The largest absolute Gasteiger partial charge is 0.412 e. The molecule has 34 heavy (non-hydrogen) atoms. The van der Waals surface area contributed by atoms with Gasteiger partial charge in [-0.05, 0) is 48.9 Å². The van der Waals surface area contributed by atoms with Gasteiger partial charge in [-0.1, -0.05) is 30.0 Å². The van der Waals surface area contributed by atoms with Gasteiger partial charge in [-0.25, -0.2) is 12.7 Å². The zero-order chi connectivity index (χ0) is 24.4. The molecule has 0 bridgehead atoms. The van der Waals surface area contributed by atoms with E-state index in [4.69, 9.17) is 4.55 Å². The van der Waals surface area contributed by atoms with Crippen LogP contribution < -0.4 is 0 Å². The van der Waals surface area contributed by atoms with Gasteiger partial charge in [-0.3, -0.25) is 9.45 Å². The van der Waals surface area contributed by atoms with E-state index in [2.05, 4.69) is 41.1 Å². The lowest BCUT2D eigenvalue weighted by molar-refractivity contribution is 0.109. The molecule has 1 saturated heterocycles. The third-order valence-corrected chi connectivity index (χ3v) is 8.72. The Kier molecular flexibility index (Phi) is 9.70. The molecule has 0 aromatic heterocycles. The van der Waals surface area contributed by atoms with Crippen molar-refractivity contribution in [2.75, 3.05) is 53.6 Å². The fourth-order valence-electron chi connectivity index (χ4n) is 3.92. The summed E-state index contributed by atoms with van der Waals surface area (Å²) in [7, 11) is -1.79. The Balaban J connectivity index is 0.000000619. The number of nitrogens with zero attached hydrogens (tertiary/aromatic N) is 3. The second-order valence-electron chi connectivity index (χ2n) is 8.49. The molecule has 12 heteroatoms. The van der Waals surface area contributed by atoms with E-state index in [1.54, 1.807) is 31.9 Å². The summed E-state index contributed by atoms with van der Waals surface area (Å²) in [4.78, 5) is 7.68. The maximum atomic E-state index is 12.7. The predicted molar refractivity (Wildman–Crippen MR) is 134 cm³/mol. The average molecular weight is 532 g/mol. The van der Waals surface area contributed by atoms with Crippen molar-refractivity contribution >= 4 is 31.9 Å². The molecular formula is C22H33N3O6S3. The van der Waals surface area contributed by atoms with E-state index in [0.29, 0.717) is 11.2 Å². The van der Waals surface area contributed by atoms with E-state index in [0.717, 1.165) is 43.1 Å². The molecule has 1 fully saturated rings. The molecule has 190 valence electrons. The molecule has 1 atom stereocenters. The second kappa shape index (κ2) is 11.5. The number of rotatable bonds is 3. The van der Waals surface area contributed by atoms with Gasteiger partial charge in [0.25, 0.3) is 10.1 Å². The molecule has 1 unspecified atom stereocenters. The summed E-state index contributed by atoms with van der Waals surface area (Å²) in [6.45, 7) is 4.07. The van der Waals surface area contributed by atoms with Crippen molar-refractivity contribution < 1.29 is 26.9 Å². The van der Waals surface area contributed by atoms with Crippen molar-refractivity contribution in [2.24, 2.45) is 0 Å². The Morgan fingerprint density at radius 2 is 1.56 bits per heavy atom. The number of hydrogen-bond donors (Lipinski definition) is 1. The van der Waals surface area contributed by atoms with Crippen molar-refractivity contribution in [1.29, 1.82) is 0 Å². The lowest BCUT2D eigenvalue weighted by Gasteiger charge is -2.38. The maximum Gasteiger partial charge on any atom is 0.261 e. The summed E-state index contributed by atoms with van der Waals surface area (Å²) >= 11 is 1.75. The van der Waals surface area contributed by atoms with Gasteiger partial charge in [-0.2, -0.15) is 8.42 Å². The molecule has 3 N–H and O–H groups in total. The zero-order valence-electron chi connectivity index (χ0n) is 19.8. The minimum atomic E-state index is -3.67. The number of likely N-dealkylation sites (N-methyl/N-ethyl adjacent to an activating group) is 1. The number of benzene rings is 2. The molecule has 0 saturated carbocycles. The number of fused-ring (bicyclic) bond motifs is 2. The van der Waals surface area contributed by atoms with Gasteiger partial charge in [0.15, 0.2) is 0 Å². The topological polar surface area (TPSA) is 130 Å². The Morgan fingerprint density at radius 1 is 0.971 bits per heavy atom. The minimum Gasteiger partial charge on any atom is -0.412 e. The van der Waals surface area contributed by atoms with E-state index in [1.165, 1.54) is 14.8 Å². The molecule has 9 nitrogen and oxygen atoms in total. The summed E-state index contributed by atoms with van der Waals surface area (Å²) in [5, 5.41) is 0. The van der Waals surface area contributed by atoms with E-state index in [-0.39, 0.29) is 11.5 Å². The van der Waals surface area contributed by atoms with Gasteiger partial charge in [0.2, 0.25) is 10.0 Å². The van der Waals surface area contributed by atoms with Crippen molar-refractivity contribution in [2.45, 2.75) is 27.1 Å².